The summed E-state index contributed by atoms with van der Waals surface area (Å²) in [7, 11) is -0.377. The fourth-order valence-electron chi connectivity index (χ4n) is 1.09. The fraction of sp³-hybridized carbons (Fsp3) is 0.727. The van der Waals surface area contributed by atoms with Crippen molar-refractivity contribution in [2.24, 2.45) is 0 Å². The van der Waals surface area contributed by atoms with Crippen LogP contribution in [-0.2, 0) is 0 Å². The van der Waals surface area contributed by atoms with Crippen LogP contribution in [0.5, 0.6) is 0 Å². The van der Waals surface area contributed by atoms with Crippen LogP contribution >= 0.6 is 7.55 Å². The molecule has 0 heterocycles. The Kier molecular flexibility index (Phi) is 4.34. The summed E-state index contributed by atoms with van der Waals surface area (Å²) < 4.78 is 0. The molecule has 0 aromatic rings. The highest BCUT2D eigenvalue weighted by atomic mass is 31.1. The molecule has 0 fully saturated rings. The molecule has 0 rings (SSSR count). The lowest BCUT2D eigenvalue weighted by atomic mass is 10.1. The average Bonchev–Trinajstić information content (AvgIpc) is 2.01. The van der Waals surface area contributed by atoms with E-state index in [4.69, 9.17) is 0 Å². The molecule has 0 aliphatic heterocycles. The normalized spacial score (nSPS) is 15.7. The van der Waals surface area contributed by atoms with Crippen LogP contribution in [0.25, 0.3) is 0 Å². The van der Waals surface area contributed by atoms with Gasteiger partial charge in [-0.05, 0) is 32.1 Å². The zero-order valence-corrected chi connectivity index (χ0v) is 10.4. The van der Waals surface area contributed by atoms with Crippen molar-refractivity contribution in [3.63, 3.8) is 0 Å². The Morgan fingerprint density at radius 3 is 2.00 bits per heavy atom. The van der Waals surface area contributed by atoms with Crippen LogP contribution in [0.3, 0.4) is 0 Å². The highest BCUT2D eigenvalue weighted by molar-refractivity contribution is 7.60. The maximum atomic E-state index is 4.01. The van der Waals surface area contributed by atoms with E-state index in [2.05, 4.69) is 47.9 Å². The summed E-state index contributed by atoms with van der Waals surface area (Å²) in [5.74, 6) is 0. The third kappa shape index (κ3) is 2.83. The molecular formula is C11H23P. The maximum absolute atomic E-state index is 4.01. The van der Waals surface area contributed by atoms with Gasteiger partial charge in [0.2, 0.25) is 0 Å². The van der Waals surface area contributed by atoms with E-state index in [9.17, 15) is 0 Å². The van der Waals surface area contributed by atoms with E-state index in [1.807, 2.05) is 0 Å². The quantitative estimate of drug-likeness (QED) is 0.588. The lowest BCUT2D eigenvalue weighted by Gasteiger charge is -2.27. The third-order valence-electron chi connectivity index (χ3n) is 3.10. The second kappa shape index (κ2) is 4.33. The number of allylic oxidation sites excluding steroid dienone is 1. The van der Waals surface area contributed by atoms with Gasteiger partial charge in [0.25, 0.3) is 0 Å². The van der Waals surface area contributed by atoms with Crippen molar-refractivity contribution >= 4 is 12.8 Å². The Hall–Kier alpha value is 0.0400. The first-order valence-electron chi connectivity index (χ1n) is 4.66. The SMILES string of the molecule is C=C(C)/C(C)=[PH](/C)C(C)(C)CC. The minimum absolute atomic E-state index is 0.377. The highest BCUT2D eigenvalue weighted by Crippen LogP contribution is 2.41. The molecule has 0 spiro atoms. The van der Waals surface area contributed by atoms with Gasteiger partial charge in [-0.1, -0.05) is 38.2 Å². The van der Waals surface area contributed by atoms with Gasteiger partial charge in [-0.15, -0.1) is 7.55 Å². The third-order valence-corrected chi connectivity index (χ3v) is 7.04. The molecule has 0 amide bonds. The molecule has 1 atom stereocenters. The standard InChI is InChI=1S/C11H23P/c1-8-11(5,6)12(7)10(4)9(2)3/h12H,2,8H2,1,3-7H3. The van der Waals surface area contributed by atoms with E-state index < -0.39 is 0 Å². The Morgan fingerprint density at radius 2 is 1.75 bits per heavy atom. The van der Waals surface area contributed by atoms with E-state index in [0.29, 0.717) is 5.16 Å². The van der Waals surface area contributed by atoms with Gasteiger partial charge in [-0.2, -0.15) is 0 Å². The molecule has 0 aromatic carbocycles. The predicted molar refractivity (Wildman–Crippen MR) is 64.1 cm³/mol. The molecule has 0 saturated heterocycles. The molecule has 0 bridgehead atoms. The van der Waals surface area contributed by atoms with Gasteiger partial charge < -0.3 is 0 Å². The molecule has 1 unspecified atom stereocenters. The molecule has 0 nitrogen and oxygen atoms in total. The summed E-state index contributed by atoms with van der Waals surface area (Å²) in [6, 6.07) is 0. The molecule has 0 radical (unpaired) electrons. The van der Waals surface area contributed by atoms with Crippen molar-refractivity contribution in [3.05, 3.63) is 12.2 Å². The van der Waals surface area contributed by atoms with Crippen LogP contribution in [0.1, 0.15) is 41.0 Å². The fourth-order valence-corrected chi connectivity index (χ4v) is 3.28. The summed E-state index contributed by atoms with van der Waals surface area (Å²) in [6.45, 7) is 17.8. The lowest BCUT2D eigenvalue weighted by Crippen LogP contribution is -2.15. The maximum Gasteiger partial charge on any atom is -0.0180 e. The summed E-state index contributed by atoms with van der Waals surface area (Å²) in [5, 5.41) is 2.06. The van der Waals surface area contributed by atoms with E-state index in [-0.39, 0.29) is 7.55 Å². The highest BCUT2D eigenvalue weighted by Gasteiger charge is 2.17. The van der Waals surface area contributed by atoms with Gasteiger partial charge in [0.1, 0.15) is 0 Å². The lowest BCUT2D eigenvalue weighted by molar-refractivity contribution is 0.677. The Bertz CT molecular complexity index is 209. The van der Waals surface area contributed by atoms with Crippen LogP contribution in [0, 0.1) is 0 Å². The van der Waals surface area contributed by atoms with Crippen LogP contribution < -0.4 is 0 Å². The van der Waals surface area contributed by atoms with Crippen molar-refractivity contribution in [2.45, 2.75) is 46.2 Å². The van der Waals surface area contributed by atoms with Crippen molar-refractivity contribution in [1.82, 2.24) is 0 Å². The molecule has 0 aliphatic carbocycles. The Morgan fingerprint density at radius 1 is 1.33 bits per heavy atom. The minimum atomic E-state index is -0.377. The summed E-state index contributed by atoms with van der Waals surface area (Å²) >= 11 is 0. The van der Waals surface area contributed by atoms with Gasteiger partial charge >= 0.3 is 0 Å². The minimum Gasteiger partial charge on any atom is -0.112 e. The molecule has 0 N–H and O–H groups in total. The second-order valence-corrected chi connectivity index (χ2v) is 7.62. The van der Waals surface area contributed by atoms with E-state index in [0.717, 1.165) is 0 Å². The van der Waals surface area contributed by atoms with Gasteiger partial charge in [0.15, 0.2) is 0 Å². The molecule has 0 saturated carbocycles. The number of hydrogen-bond acceptors (Lipinski definition) is 0. The summed E-state index contributed by atoms with van der Waals surface area (Å²) in [5.41, 5.74) is 1.27. The molecule has 72 valence electrons. The first-order chi connectivity index (χ1) is 5.33. The first kappa shape index (κ1) is 12.0. The molecular weight excluding hydrogens is 163 g/mol. The Balaban J connectivity index is 4.90. The second-order valence-electron chi connectivity index (χ2n) is 4.27. The van der Waals surface area contributed by atoms with Crippen LogP contribution in [0.4, 0.5) is 0 Å². The topological polar surface area (TPSA) is 0 Å². The van der Waals surface area contributed by atoms with Gasteiger partial charge in [-0.25, -0.2) is 0 Å². The van der Waals surface area contributed by atoms with Crippen molar-refractivity contribution in [1.29, 1.82) is 0 Å². The van der Waals surface area contributed by atoms with Gasteiger partial charge in [-0.3, -0.25) is 0 Å². The van der Waals surface area contributed by atoms with Crippen LogP contribution in [0.15, 0.2) is 12.2 Å². The predicted octanol–water partition coefficient (Wildman–Crippen LogP) is 3.79. The smallest absolute Gasteiger partial charge is 0.0180 e. The van der Waals surface area contributed by atoms with Gasteiger partial charge in [0.05, 0.1) is 0 Å². The van der Waals surface area contributed by atoms with Crippen molar-refractivity contribution in [3.8, 4) is 0 Å². The van der Waals surface area contributed by atoms with Crippen LogP contribution in [0.2, 0.25) is 0 Å². The van der Waals surface area contributed by atoms with E-state index in [1.54, 1.807) is 5.29 Å². The largest absolute Gasteiger partial charge is 0.112 e. The number of hydrogen-bond donors (Lipinski definition) is 0. The van der Waals surface area contributed by atoms with E-state index >= 15 is 0 Å². The summed E-state index contributed by atoms with van der Waals surface area (Å²) in [4.78, 5) is 0. The molecule has 1 heteroatoms. The molecule has 0 aliphatic rings. The number of rotatable bonds is 3. The van der Waals surface area contributed by atoms with Gasteiger partial charge in [0, 0.05) is 0 Å². The zero-order valence-electron chi connectivity index (χ0n) is 9.41. The first-order valence-corrected chi connectivity index (χ1v) is 6.66. The van der Waals surface area contributed by atoms with Crippen molar-refractivity contribution < 1.29 is 0 Å². The zero-order chi connectivity index (χ0) is 9.94. The average molecular weight is 186 g/mol. The monoisotopic (exact) mass is 186 g/mol. The summed E-state index contributed by atoms with van der Waals surface area (Å²) in [6.07, 6.45) is 1.27. The molecule has 12 heavy (non-hydrogen) atoms. The Labute approximate surface area is 78.5 Å². The van der Waals surface area contributed by atoms with Crippen molar-refractivity contribution in [2.75, 3.05) is 6.66 Å². The van der Waals surface area contributed by atoms with Crippen LogP contribution in [-0.4, -0.2) is 17.1 Å². The van der Waals surface area contributed by atoms with E-state index in [1.165, 1.54) is 12.0 Å². The molecule has 0 aromatic heterocycles.